The standard InChI is InChI=1S/C20H25N3O3S/c1-27(25,26)23-13-10-17-14-18(8-9-19(17)23)20(24)22(12-5-11-21)15-16-6-3-2-4-7-16/h2-4,6-9,14H,5,10-13,15,21H2,1H3. The van der Waals surface area contributed by atoms with E-state index in [2.05, 4.69) is 0 Å². The summed E-state index contributed by atoms with van der Waals surface area (Å²) < 4.78 is 25.2. The lowest BCUT2D eigenvalue weighted by atomic mass is 10.1. The first-order valence-corrected chi connectivity index (χ1v) is 10.9. The summed E-state index contributed by atoms with van der Waals surface area (Å²) in [5, 5.41) is 0. The Morgan fingerprint density at radius 2 is 1.93 bits per heavy atom. The summed E-state index contributed by atoms with van der Waals surface area (Å²) in [7, 11) is -3.29. The number of sulfonamides is 1. The summed E-state index contributed by atoms with van der Waals surface area (Å²) >= 11 is 0. The van der Waals surface area contributed by atoms with Gasteiger partial charge in [-0.05, 0) is 48.7 Å². The highest BCUT2D eigenvalue weighted by Gasteiger charge is 2.27. The normalized spacial score (nSPS) is 13.5. The van der Waals surface area contributed by atoms with Crippen molar-refractivity contribution in [3.05, 3.63) is 65.2 Å². The molecule has 1 amide bonds. The van der Waals surface area contributed by atoms with E-state index in [-0.39, 0.29) is 5.91 Å². The molecule has 144 valence electrons. The maximum Gasteiger partial charge on any atom is 0.254 e. The fraction of sp³-hybridized carbons (Fsp3) is 0.350. The Labute approximate surface area is 160 Å². The van der Waals surface area contributed by atoms with E-state index in [0.717, 1.165) is 17.5 Å². The number of carbonyl (C=O) groups excluding carboxylic acids is 1. The number of nitrogens with two attached hydrogens (primary N) is 1. The molecule has 0 bridgehead atoms. The van der Waals surface area contributed by atoms with Crippen LogP contribution >= 0.6 is 0 Å². The molecule has 6 nitrogen and oxygen atoms in total. The number of rotatable bonds is 7. The molecule has 1 aliphatic rings. The lowest BCUT2D eigenvalue weighted by Crippen LogP contribution is -2.32. The zero-order valence-corrected chi connectivity index (χ0v) is 16.3. The molecule has 0 radical (unpaired) electrons. The van der Waals surface area contributed by atoms with Crippen LogP contribution in [0.3, 0.4) is 0 Å². The second-order valence-electron chi connectivity index (χ2n) is 6.78. The summed E-state index contributed by atoms with van der Waals surface area (Å²) in [6, 6.07) is 15.1. The van der Waals surface area contributed by atoms with Gasteiger partial charge in [0.1, 0.15) is 0 Å². The number of amides is 1. The summed E-state index contributed by atoms with van der Waals surface area (Å²) in [5.41, 5.74) is 8.85. The van der Waals surface area contributed by atoms with Crippen molar-refractivity contribution < 1.29 is 13.2 Å². The van der Waals surface area contributed by atoms with Crippen molar-refractivity contribution in [1.29, 1.82) is 0 Å². The molecule has 2 aromatic rings. The molecule has 0 saturated heterocycles. The smallest absolute Gasteiger partial charge is 0.254 e. The fourth-order valence-corrected chi connectivity index (χ4v) is 4.33. The van der Waals surface area contributed by atoms with E-state index < -0.39 is 10.0 Å². The molecule has 1 heterocycles. The Hall–Kier alpha value is -2.38. The van der Waals surface area contributed by atoms with E-state index in [1.54, 1.807) is 17.0 Å². The lowest BCUT2D eigenvalue weighted by molar-refractivity contribution is 0.0742. The third kappa shape index (κ3) is 4.48. The molecule has 0 spiro atoms. The molecule has 0 unspecified atom stereocenters. The van der Waals surface area contributed by atoms with Gasteiger partial charge in [-0.15, -0.1) is 0 Å². The largest absolute Gasteiger partial charge is 0.334 e. The number of hydrogen-bond donors (Lipinski definition) is 1. The second-order valence-corrected chi connectivity index (χ2v) is 8.69. The minimum atomic E-state index is -3.29. The number of carbonyl (C=O) groups is 1. The van der Waals surface area contributed by atoms with Crippen LogP contribution in [-0.4, -0.2) is 45.1 Å². The molecule has 3 rings (SSSR count). The SMILES string of the molecule is CS(=O)(=O)N1CCc2cc(C(=O)N(CCCN)Cc3ccccc3)ccc21. The van der Waals surface area contributed by atoms with Crippen LogP contribution in [0.2, 0.25) is 0 Å². The van der Waals surface area contributed by atoms with E-state index in [4.69, 9.17) is 5.73 Å². The molecule has 2 N–H and O–H groups in total. The summed E-state index contributed by atoms with van der Waals surface area (Å²) in [6.45, 7) is 2.04. The van der Waals surface area contributed by atoms with E-state index in [1.165, 1.54) is 10.6 Å². The van der Waals surface area contributed by atoms with Crippen LogP contribution in [0.25, 0.3) is 0 Å². The Morgan fingerprint density at radius 1 is 1.19 bits per heavy atom. The van der Waals surface area contributed by atoms with Gasteiger partial charge in [0, 0.05) is 25.2 Å². The van der Waals surface area contributed by atoms with Crippen LogP contribution in [0.1, 0.15) is 27.9 Å². The molecule has 27 heavy (non-hydrogen) atoms. The van der Waals surface area contributed by atoms with Gasteiger partial charge in [-0.1, -0.05) is 30.3 Å². The number of anilines is 1. The molecular weight excluding hydrogens is 362 g/mol. The highest BCUT2D eigenvalue weighted by Crippen LogP contribution is 2.31. The van der Waals surface area contributed by atoms with Crippen molar-refractivity contribution >= 4 is 21.6 Å². The van der Waals surface area contributed by atoms with Crippen LogP contribution in [0.4, 0.5) is 5.69 Å². The first kappa shape index (κ1) is 19.4. The van der Waals surface area contributed by atoms with Gasteiger partial charge < -0.3 is 10.6 Å². The van der Waals surface area contributed by atoms with E-state index >= 15 is 0 Å². The molecule has 0 atom stereocenters. The maximum absolute atomic E-state index is 13.1. The first-order chi connectivity index (χ1) is 12.9. The molecular formula is C20H25N3O3S. The van der Waals surface area contributed by atoms with Gasteiger partial charge in [0.05, 0.1) is 11.9 Å². The van der Waals surface area contributed by atoms with Gasteiger partial charge in [0.25, 0.3) is 5.91 Å². The minimum Gasteiger partial charge on any atom is -0.334 e. The number of benzene rings is 2. The summed E-state index contributed by atoms with van der Waals surface area (Å²) in [6.07, 6.45) is 2.55. The van der Waals surface area contributed by atoms with Gasteiger partial charge in [0.2, 0.25) is 10.0 Å². The predicted molar refractivity (Wildman–Crippen MR) is 107 cm³/mol. The summed E-state index contributed by atoms with van der Waals surface area (Å²) in [5.74, 6) is -0.0621. The first-order valence-electron chi connectivity index (χ1n) is 9.04. The number of hydrogen-bond acceptors (Lipinski definition) is 4. The maximum atomic E-state index is 13.1. The average molecular weight is 388 g/mol. The van der Waals surface area contributed by atoms with E-state index in [0.29, 0.717) is 43.9 Å². The quantitative estimate of drug-likeness (QED) is 0.788. The molecule has 0 saturated carbocycles. The Bertz CT molecular complexity index is 913. The second kappa shape index (κ2) is 8.10. The number of fused-ring (bicyclic) bond motifs is 1. The zero-order chi connectivity index (χ0) is 19.4. The van der Waals surface area contributed by atoms with Crippen molar-refractivity contribution in [2.24, 2.45) is 5.73 Å². The lowest BCUT2D eigenvalue weighted by Gasteiger charge is -2.23. The van der Waals surface area contributed by atoms with Crippen molar-refractivity contribution in [3.8, 4) is 0 Å². The molecule has 0 aromatic heterocycles. The van der Waals surface area contributed by atoms with Crippen LogP contribution in [-0.2, 0) is 23.0 Å². The van der Waals surface area contributed by atoms with Crippen LogP contribution < -0.4 is 10.0 Å². The van der Waals surface area contributed by atoms with Gasteiger partial charge in [-0.3, -0.25) is 9.10 Å². The van der Waals surface area contributed by atoms with Crippen molar-refractivity contribution in [2.45, 2.75) is 19.4 Å². The van der Waals surface area contributed by atoms with E-state index in [1.807, 2.05) is 36.4 Å². The molecule has 2 aromatic carbocycles. The van der Waals surface area contributed by atoms with E-state index in [9.17, 15) is 13.2 Å². The Balaban J connectivity index is 1.84. The fourth-order valence-electron chi connectivity index (χ4n) is 3.37. The zero-order valence-electron chi connectivity index (χ0n) is 15.5. The highest BCUT2D eigenvalue weighted by molar-refractivity contribution is 7.92. The van der Waals surface area contributed by atoms with Crippen molar-refractivity contribution in [1.82, 2.24) is 4.90 Å². The van der Waals surface area contributed by atoms with Crippen LogP contribution in [0, 0.1) is 0 Å². The molecule has 0 aliphatic carbocycles. The average Bonchev–Trinajstić information content (AvgIpc) is 3.09. The topological polar surface area (TPSA) is 83.7 Å². The van der Waals surface area contributed by atoms with Crippen molar-refractivity contribution in [3.63, 3.8) is 0 Å². The Morgan fingerprint density at radius 3 is 2.59 bits per heavy atom. The van der Waals surface area contributed by atoms with Crippen LogP contribution in [0.5, 0.6) is 0 Å². The Kier molecular flexibility index (Phi) is 5.82. The van der Waals surface area contributed by atoms with Gasteiger partial charge >= 0.3 is 0 Å². The highest BCUT2D eigenvalue weighted by atomic mass is 32.2. The van der Waals surface area contributed by atoms with Gasteiger partial charge in [-0.25, -0.2) is 8.42 Å². The summed E-state index contributed by atoms with van der Waals surface area (Å²) in [4.78, 5) is 14.9. The molecule has 1 aliphatic heterocycles. The number of nitrogens with zero attached hydrogens (tertiary/aromatic N) is 2. The monoisotopic (exact) mass is 387 g/mol. The van der Waals surface area contributed by atoms with Gasteiger partial charge in [0.15, 0.2) is 0 Å². The van der Waals surface area contributed by atoms with Gasteiger partial charge in [-0.2, -0.15) is 0 Å². The van der Waals surface area contributed by atoms with Crippen LogP contribution in [0.15, 0.2) is 48.5 Å². The predicted octanol–water partition coefficient (Wildman–Crippen LogP) is 2.00. The third-order valence-corrected chi connectivity index (χ3v) is 5.90. The molecule has 0 fully saturated rings. The third-order valence-electron chi connectivity index (χ3n) is 4.72. The molecule has 7 heteroatoms. The minimum absolute atomic E-state index is 0.0621. The van der Waals surface area contributed by atoms with Crippen molar-refractivity contribution in [2.75, 3.05) is 30.2 Å².